The minimum Gasteiger partial charge on any atom is -0.453 e. The van der Waals surface area contributed by atoms with Crippen LogP contribution >= 0.6 is 0 Å². The SMILES string of the molecule is CC(C)(C)NC(=O)OCCn1cc(-c2cc(Oc3ccc([N+](=O)[O-])nc3)ccn2)cn1. The molecule has 0 aliphatic rings. The summed E-state index contributed by atoms with van der Waals surface area (Å²) in [6.07, 6.45) is 5.82. The molecular weight excluding hydrogens is 404 g/mol. The molecule has 0 aliphatic heterocycles. The van der Waals surface area contributed by atoms with Gasteiger partial charge in [0.25, 0.3) is 0 Å². The molecule has 3 rings (SSSR count). The van der Waals surface area contributed by atoms with Crippen molar-refractivity contribution < 1.29 is 19.2 Å². The van der Waals surface area contributed by atoms with E-state index >= 15 is 0 Å². The predicted octanol–water partition coefficient (Wildman–Crippen LogP) is 3.57. The van der Waals surface area contributed by atoms with Gasteiger partial charge in [0.1, 0.15) is 12.4 Å². The van der Waals surface area contributed by atoms with Crippen LogP contribution < -0.4 is 10.1 Å². The molecule has 3 aromatic rings. The maximum absolute atomic E-state index is 11.7. The van der Waals surface area contributed by atoms with E-state index in [1.807, 2.05) is 20.8 Å². The molecule has 0 bridgehead atoms. The van der Waals surface area contributed by atoms with E-state index in [9.17, 15) is 14.9 Å². The maximum Gasteiger partial charge on any atom is 0.407 e. The molecule has 0 fully saturated rings. The molecule has 0 saturated carbocycles. The molecule has 3 heterocycles. The molecule has 0 aromatic carbocycles. The summed E-state index contributed by atoms with van der Waals surface area (Å²) in [6, 6.07) is 6.12. The summed E-state index contributed by atoms with van der Waals surface area (Å²) in [6.45, 7) is 6.18. The quantitative estimate of drug-likeness (QED) is 0.447. The number of nitrogens with zero attached hydrogens (tertiary/aromatic N) is 5. The normalized spacial score (nSPS) is 11.1. The smallest absolute Gasteiger partial charge is 0.407 e. The van der Waals surface area contributed by atoms with E-state index < -0.39 is 11.0 Å². The number of aromatic nitrogens is 4. The van der Waals surface area contributed by atoms with Gasteiger partial charge >= 0.3 is 11.9 Å². The van der Waals surface area contributed by atoms with Gasteiger partial charge in [0.15, 0.2) is 11.9 Å². The average molecular weight is 426 g/mol. The van der Waals surface area contributed by atoms with Gasteiger partial charge in [-0.2, -0.15) is 5.10 Å². The highest BCUT2D eigenvalue weighted by molar-refractivity contribution is 5.68. The number of rotatable bonds is 7. The Morgan fingerprint density at radius 1 is 1.19 bits per heavy atom. The minimum atomic E-state index is -0.575. The molecule has 0 radical (unpaired) electrons. The standard InChI is InChI=1S/C20H22N6O5/c1-20(2,3)24-19(27)30-9-8-25-13-14(11-23-25)17-10-15(6-7-21-17)31-16-4-5-18(22-12-16)26(28)29/h4-7,10-13H,8-9H2,1-3H3,(H,24,27). The number of carbonyl (C=O) groups is 1. The molecule has 162 valence electrons. The Hall–Kier alpha value is -4.02. The lowest BCUT2D eigenvalue weighted by Crippen LogP contribution is -2.41. The Labute approximate surface area is 178 Å². The van der Waals surface area contributed by atoms with Gasteiger partial charge in [0.2, 0.25) is 0 Å². The van der Waals surface area contributed by atoms with Crippen molar-refractivity contribution in [1.82, 2.24) is 25.1 Å². The van der Waals surface area contributed by atoms with Gasteiger partial charge in [0, 0.05) is 35.6 Å². The zero-order chi connectivity index (χ0) is 22.4. The molecule has 0 spiro atoms. The molecule has 3 aromatic heterocycles. The van der Waals surface area contributed by atoms with Gasteiger partial charge in [0.05, 0.1) is 18.4 Å². The zero-order valence-electron chi connectivity index (χ0n) is 17.3. The van der Waals surface area contributed by atoms with Crippen LogP contribution in [0.5, 0.6) is 11.5 Å². The molecule has 1 N–H and O–H groups in total. The second-order valence-electron chi connectivity index (χ2n) is 7.59. The molecule has 1 amide bonds. The summed E-state index contributed by atoms with van der Waals surface area (Å²) in [4.78, 5) is 29.8. The van der Waals surface area contributed by atoms with E-state index in [0.29, 0.717) is 23.7 Å². The van der Waals surface area contributed by atoms with Crippen LogP contribution in [0.25, 0.3) is 11.3 Å². The lowest BCUT2D eigenvalue weighted by molar-refractivity contribution is -0.389. The summed E-state index contributed by atoms with van der Waals surface area (Å²) >= 11 is 0. The van der Waals surface area contributed by atoms with Crippen molar-refractivity contribution in [3.05, 3.63) is 59.2 Å². The van der Waals surface area contributed by atoms with Gasteiger partial charge in [-0.15, -0.1) is 0 Å². The second-order valence-corrected chi connectivity index (χ2v) is 7.59. The third-order valence-electron chi connectivity index (χ3n) is 3.83. The van der Waals surface area contributed by atoms with Gasteiger partial charge < -0.3 is 24.9 Å². The highest BCUT2D eigenvalue weighted by Crippen LogP contribution is 2.25. The number of hydrogen-bond acceptors (Lipinski definition) is 8. The fourth-order valence-electron chi connectivity index (χ4n) is 2.50. The number of nitrogens with one attached hydrogen (secondary N) is 1. The van der Waals surface area contributed by atoms with Gasteiger partial charge in [-0.05, 0) is 42.8 Å². The Morgan fingerprint density at radius 3 is 2.68 bits per heavy atom. The summed E-state index contributed by atoms with van der Waals surface area (Å²) in [5, 5.41) is 17.7. The Kier molecular flexibility index (Phi) is 6.43. The molecule has 31 heavy (non-hydrogen) atoms. The Morgan fingerprint density at radius 2 is 2.00 bits per heavy atom. The van der Waals surface area contributed by atoms with Crippen LogP contribution in [0.3, 0.4) is 0 Å². The lowest BCUT2D eigenvalue weighted by Gasteiger charge is -2.19. The van der Waals surface area contributed by atoms with E-state index in [4.69, 9.17) is 9.47 Å². The zero-order valence-corrected chi connectivity index (χ0v) is 17.3. The third kappa shape index (κ3) is 6.49. The fourth-order valence-corrected chi connectivity index (χ4v) is 2.50. The van der Waals surface area contributed by atoms with Crippen molar-refractivity contribution in [3.8, 4) is 22.8 Å². The number of carbonyl (C=O) groups excluding carboxylic acids is 1. The molecule has 0 unspecified atom stereocenters. The highest BCUT2D eigenvalue weighted by Gasteiger charge is 2.14. The predicted molar refractivity (Wildman–Crippen MR) is 111 cm³/mol. The lowest BCUT2D eigenvalue weighted by atomic mass is 10.1. The van der Waals surface area contributed by atoms with E-state index in [-0.39, 0.29) is 18.0 Å². The largest absolute Gasteiger partial charge is 0.453 e. The van der Waals surface area contributed by atoms with Crippen LogP contribution in [-0.2, 0) is 11.3 Å². The first-order valence-electron chi connectivity index (χ1n) is 9.42. The first kappa shape index (κ1) is 21.7. The van der Waals surface area contributed by atoms with Crippen LogP contribution in [0.4, 0.5) is 10.6 Å². The molecule has 0 atom stereocenters. The summed E-state index contributed by atoms with van der Waals surface area (Å²) in [5.41, 5.74) is 1.02. The Balaban J connectivity index is 1.59. The number of amides is 1. The summed E-state index contributed by atoms with van der Waals surface area (Å²) in [7, 11) is 0. The van der Waals surface area contributed by atoms with Crippen molar-refractivity contribution in [1.29, 1.82) is 0 Å². The van der Waals surface area contributed by atoms with Crippen LogP contribution in [0.2, 0.25) is 0 Å². The van der Waals surface area contributed by atoms with Crippen LogP contribution in [0.1, 0.15) is 20.8 Å². The number of ether oxygens (including phenoxy) is 2. The summed E-state index contributed by atoms with van der Waals surface area (Å²) < 4.78 is 12.5. The highest BCUT2D eigenvalue weighted by atomic mass is 16.6. The van der Waals surface area contributed by atoms with E-state index in [2.05, 4.69) is 20.4 Å². The van der Waals surface area contributed by atoms with Crippen LogP contribution in [0, 0.1) is 10.1 Å². The van der Waals surface area contributed by atoms with Crippen molar-refractivity contribution in [2.24, 2.45) is 0 Å². The van der Waals surface area contributed by atoms with E-state index in [1.165, 1.54) is 18.3 Å². The van der Waals surface area contributed by atoms with E-state index in [1.54, 1.807) is 35.4 Å². The monoisotopic (exact) mass is 426 g/mol. The van der Waals surface area contributed by atoms with Crippen molar-refractivity contribution >= 4 is 11.9 Å². The topological polar surface area (TPSA) is 134 Å². The van der Waals surface area contributed by atoms with Crippen molar-refractivity contribution in [2.75, 3.05) is 6.61 Å². The van der Waals surface area contributed by atoms with E-state index in [0.717, 1.165) is 5.56 Å². The molecule has 11 nitrogen and oxygen atoms in total. The van der Waals surface area contributed by atoms with Gasteiger partial charge in [-0.1, -0.05) is 0 Å². The first-order chi connectivity index (χ1) is 14.7. The first-order valence-corrected chi connectivity index (χ1v) is 9.42. The fraction of sp³-hybridized carbons (Fsp3) is 0.300. The van der Waals surface area contributed by atoms with Crippen molar-refractivity contribution in [2.45, 2.75) is 32.9 Å². The number of nitro groups is 1. The second kappa shape index (κ2) is 9.20. The maximum atomic E-state index is 11.7. The molecule has 0 aliphatic carbocycles. The van der Waals surface area contributed by atoms with Crippen molar-refractivity contribution in [3.63, 3.8) is 0 Å². The molecular formula is C20H22N6O5. The summed E-state index contributed by atoms with van der Waals surface area (Å²) in [5.74, 6) is 0.606. The van der Waals surface area contributed by atoms with Gasteiger partial charge in [-0.25, -0.2) is 4.79 Å². The van der Waals surface area contributed by atoms with Gasteiger partial charge in [-0.3, -0.25) is 9.67 Å². The minimum absolute atomic E-state index is 0.173. The Bertz CT molecular complexity index is 1060. The number of pyridine rings is 2. The molecule has 0 saturated heterocycles. The van der Waals surface area contributed by atoms with Crippen LogP contribution in [-0.4, -0.2) is 42.9 Å². The third-order valence-corrected chi connectivity index (χ3v) is 3.83. The average Bonchev–Trinajstić information content (AvgIpc) is 3.16. The number of hydrogen-bond donors (Lipinski definition) is 1. The van der Waals surface area contributed by atoms with Crippen LogP contribution in [0.15, 0.2) is 49.1 Å². The number of alkyl carbamates (subject to hydrolysis) is 1. The molecule has 11 heteroatoms.